The second-order valence-electron chi connectivity index (χ2n) is 5.99. The fraction of sp³-hybridized carbons (Fsp3) is 0.353. The SMILES string of the molecule is Cc1nc2c(C(C)c3ccc(C(F)(F)F)cc3)nn(CCF)c2c(=O)[nH]1. The number of nitrogens with zero attached hydrogens (tertiary/aromatic N) is 3. The Bertz CT molecular complexity index is 989. The summed E-state index contributed by atoms with van der Waals surface area (Å²) < 4.78 is 52.2. The summed E-state index contributed by atoms with van der Waals surface area (Å²) in [5.41, 5.74) is 0.312. The average Bonchev–Trinajstić information content (AvgIpc) is 2.92. The van der Waals surface area contributed by atoms with Crippen LogP contribution in [0.5, 0.6) is 0 Å². The van der Waals surface area contributed by atoms with Crippen LogP contribution in [0.1, 0.15) is 35.5 Å². The Morgan fingerprint density at radius 3 is 2.46 bits per heavy atom. The summed E-state index contributed by atoms with van der Waals surface area (Å²) in [5.74, 6) is -0.0440. The van der Waals surface area contributed by atoms with E-state index >= 15 is 0 Å². The van der Waals surface area contributed by atoms with Crippen LogP contribution in [0.25, 0.3) is 11.0 Å². The summed E-state index contributed by atoms with van der Waals surface area (Å²) in [6.07, 6.45) is -4.41. The van der Waals surface area contributed by atoms with Crippen molar-refractivity contribution in [2.45, 2.75) is 32.5 Å². The molecule has 1 unspecified atom stereocenters. The molecule has 1 atom stereocenters. The third-order valence-electron chi connectivity index (χ3n) is 4.19. The van der Waals surface area contributed by atoms with Crippen LogP contribution in [0, 0.1) is 6.92 Å². The van der Waals surface area contributed by atoms with Gasteiger partial charge in [-0.3, -0.25) is 9.48 Å². The molecular weight excluding hydrogens is 352 g/mol. The first-order chi connectivity index (χ1) is 12.2. The molecule has 0 spiro atoms. The van der Waals surface area contributed by atoms with Crippen LogP contribution < -0.4 is 5.56 Å². The fourth-order valence-corrected chi connectivity index (χ4v) is 2.88. The van der Waals surface area contributed by atoms with Crippen molar-refractivity contribution in [2.75, 3.05) is 6.67 Å². The molecule has 0 fully saturated rings. The zero-order valence-electron chi connectivity index (χ0n) is 14.1. The normalized spacial score (nSPS) is 13.3. The van der Waals surface area contributed by atoms with Crippen molar-refractivity contribution in [3.8, 4) is 0 Å². The molecule has 3 rings (SSSR count). The van der Waals surface area contributed by atoms with Crippen molar-refractivity contribution >= 4 is 11.0 Å². The topological polar surface area (TPSA) is 63.6 Å². The van der Waals surface area contributed by atoms with Gasteiger partial charge in [-0.2, -0.15) is 18.3 Å². The molecule has 2 aromatic heterocycles. The highest BCUT2D eigenvalue weighted by Gasteiger charge is 2.30. The molecule has 0 saturated carbocycles. The lowest BCUT2D eigenvalue weighted by molar-refractivity contribution is -0.137. The Labute approximate surface area is 145 Å². The molecule has 138 valence electrons. The third kappa shape index (κ3) is 3.21. The van der Waals surface area contributed by atoms with E-state index in [1.165, 1.54) is 16.8 Å². The van der Waals surface area contributed by atoms with Crippen LogP contribution in [0.4, 0.5) is 17.6 Å². The second kappa shape index (κ2) is 6.54. The van der Waals surface area contributed by atoms with Crippen molar-refractivity contribution in [2.24, 2.45) is 0 Å². The first-order valence-electron chi connectivity index (χ1n) is 7.93. The predicted octanol–water partition coefficient (Wildman–Crippen LogP) is 3.57. The number of hydrogen-bond acceptors (Lipinski definition) is 3. The molecule has 1 aromatic carbocycles. The Morgan fingerprint density at radius 1 is 1.23 bits per heavy atom. The molecule has 0 saturated heterocycles. The predicted molar refractivity (Wildman–Crippen MR) is 87.8 cm³/mol. The van der Waals surface area contributed by atoms with Crippen molar-refractivity contribution in [3.05, 3.63) is 57.3 Å². The Morgan fingerprint density at radius 2 is 1.88 bits per heavy atom. The van der Waals surface area contributed by atoms with E-state index in [0.717, 1.165) is 12.1 Å². The van der Waals surface area contributed by atoms with E-state index in [-0.39, 0.29) is 12.1 Å². The van der Waals surface area contributed by atoms with Gasteiger partial charge in [0.05, 0.1) is 17.8 Å². The van der Waals surface area contributed by atoms with E-state index in [1.54, 1.807) is 13.8 Å². The van der Waals surface area contributed by atoms with Crippen LogP contribution >= 0.6 is 0 Å². The van der Waals surface area contributed by atoms with Gasteiger partial charge in [-0.25, -0.2) is 9.37 Å². The zero-order valence-corrected chi connectivity index (χ0v) is 14.1. The highest BCUT2D eigenvalue weighted by atomic mass is 19.4. The van der Waals surface area contributed by atoms with E-state index in [1.807, 2.05) is 0 Å². The minimum Gasteiger partial charge on any atom is -0.309 e. The molecule has 3 aromatic rings. The maximum atomic E-state index is 12.8. The lowest BCUT2D eigenvalue weighted by Gasteiger charge is -2.12. The number of aromatic nitrogens is 4. The lowest BCUT2D eigenvalue weighted by atomic mass is 9.96. The molecule has 0 aliphatic heterocycles. The second-order valence-corrected chi connectivity index (χ2v) is 5.99. The highest BCUT2D eigenvalue weighted by molar-refractivity contribution is 5.77. The van der Waals surface area contributed by atoms with E-state index in [0.29, 0.717) is 22.6 Å². The van der Waals surface area contributed by atoms with Gasteiger partial charge in [-0.05, 0) is 24.6 Å². The van der Waals surface area contributed by atoms with Gasteiger partial charge in [0.1, 0.15) is 18.0 Å². The molecule has 9 heteroatoms. The number of halogens is 4. The maximum absolute atomic E-state index is 12.8. The van der Waals surface area contributed by atoms with E-state index in [4.69, 9.17) is 0 Å². The quantitative estimate of drug-likeness (QED) is 0.716. The van der Waals surface area contributed by atoms with Gasteiger partial charge >= 0.3 is 6.18 Å². The van der Waals surface area contributed by atoms with Gasteiger partial charge in [0.2, 0.25) is 0 Å². The number of aromatic amines is 1. The first kappa shape index (κ1) is 18.1. The van der Waals surface area contributed by atoms with Crippen molar-refractivity contribution in [1.29, 1.82) is 0 Å². The smallest absolute Gasteiger partial charge is 0.309 e. The number of aryl methyl sites for hydroxylation is 2. The lowest BCUT2D eigenvalue weighted by Crippen LogP contribution is -2.14. The monoisotopic (exact) mass is 368 g/mol. The first-order valence-corrected chi connectivity index (χ1v) is 7.93. The zero-order chi connectivity index (χ0) is 19.1. The van der Waals surface area contributed by atoms with Crippen molar-refractivity contribution in [1.82, 2.24) is 19.7 Å². The molecular formula is C17H16F4N4O. The summed E-state index contributed by atoms with van der Waals surface area (Å²) in [6.45, 7) is 2.55. The number of H-pyrrole nitrogens is 1. The van der Waals surface area contributed by atoms with Crippen LogP contribution in [0.2, 0.25) is 0 Å². The standard InChI is InChI=1S/C17H16F4N4O/c1-9(11-3-5-12(6-4-11)17(19,20)21)13-14-15(25(24-13)8-7-18)16(26)23-10(2)22-14/h3-6,9H,7-8H2,1-2H3,(H,22,23,26). The number of alkyl halides is 4. The molecule has 0 bridgehead atoms. The van der Waals surface area contributed by atoms with Crippen molar-refractivity contribution < 1.29 is 17.6 Å². The number of benzene rings is 1. The molecule has 0 amide bonds. The number of nitrogens with one attached hydrogen (secondary N) is 1. The van der Waals surface area contributed by atoms with Crippen LogP contribution in [-0.2, 0) is 12.7 Å². The molecule has 0 aliphatic carbocycles. The number of rotatable bonds is 4. The van der Waals surface area contributed by atoms with Gasteiger partial charge in [-0.15, -0.1) is 0 Å². The number of hydrogen-bond donors (Lipinski definition) is 1. The summed E-state index contributed by atoms with van der Waals surface area (Å²) in [5, 5.41) is 4.30. The van der Waals surface area contributed by atoms with Gasteiger partial charge in [0.25, 0.3) is 5.56 Å². The van der Waals surface area contributed by atoms with E-state index in [2.05, 4.69) is 15.1 Å². The van der Waals surface area contributed by atoms with Crippen LogP contribution in [-0.4, -0.2) is 26.4 Å². The molecule has 2 heterocycles. The van der Waals surface area contributed by atoms with Gasteiger partial charge in [0, 0.05) is 5.92 Å². The van der Waals surface area contributed by atoms with Gasteiger partial charge < -0.3 is 4.98 Å². The van der Waals surface area contributed by atoms with E-state index in [9.17, 15) is 22.4 Å². The van der Waals surface area contributed by atoms with Crippen LogP contribution in [0.15, 0.2) is 29.1 Å². The molecule has 5 nitrogen and oxygen atoms in total. The minimum absolute atomic E-state index is 0.107. The summed E-state index contributed by atoms with van der Waals surface area (Å²) in [7, 11) is 0. The Hall–Kier alpha value is -2.71. The van der Waals surface area contributed by atoms with Gasteiger partial charge in [-0.1, -0.05) is 19.1 Å². The van der Waals surface area contributed by atoms with Crippen LogP contribution in [0.3, 0.4) is 0 Å². The average molecular weight is 368 g/mol. The summed E-state index contributed by atoms with van der Waals surface area (Å²) >= 11 is 0. The number of fused-ring (bicyclic) bond motifs is 1. The minimum atomic E-state index is -4.41. The largest absolute Gasteiger partial charge is 0.416 e. The Kier molecular flexibility index (Phi) is 4.55. The third-order valence-corrected chi connectivity index (χ3v) is 4.19. The highest BCUT2D eigenvalue weighted by Crippen LogP contribution is 2.32. The summed E-state index contributed by atoms with van der Waals surface area (Å²) in [6, 6.07) is 4.73. The molecule has 0 radical (unpaired) electrons. The molecule has 0 aliphatic rings. The van der Waals surface area contributed by atoms with Gasteiger partial charge in [0.15, 0.2) is 5.52 Å². The van der Waals surface area contributed by atoms with Crippen molar-refractivity contribution in [3.63, 3.8) is 0 Å². The fourth-order valence-electron chi connectivity index (χ4n) is 2.88. The summed E-state index contributed by atoms with van der Waals surface area (Å²) in [4.78, 5) is 19.1. The Balaban J connectivity index is 2.11. The van der Waals surface area contributed by atoms with E-state index < -0.39 is 29.9 Å². The molecule has 26 heavy (non-hydrogen) atoms. The molecule has 1 N–H and O–H groups in total. The maximum Gasteiger partial charge on any atom is 0.416 e.